The largest absolute Gasteiger partial charge is 0.454 e. The van der Waals surface area contributed by atoms with E-state index in [4.69, 9.17) is 26.8 Å². The molecule has 3 heterocycles. The molecule has 0 fully saturated rings. The first-order valence-electron chi connectivity index (χ1n) is 10.5. The van der Waals surface area contributed by atoms with Gasteiger partial charge in [0.15, 0.2) is 16.9 Å². The van der Waals surface area contributed by atoms with Gasteiger partial charge in [0.25, 0.3) is 0 Å². The van der Waals surface area contributed by atoms with Crippen LogP contribution in [-0.2, 0) is 0 Å². The number of ether oxygens (including phenoxy) is 2. The summed E-state index contributed by atoms with van der Waals surface area (Å²) in [6.45, 7) is 0.130. The maximum absolute atomic E-state index is 14.0. The minimum atomic E-state index is -0.654. The topological polar surface area (TPSA) is 88.6 Å². The van der Waals surface area contributed by atoms with Crippen molar-refractivity contribution in [3.63, 3.8) is 0 Å². The van der Waals surface area contributed by atoms with E-state index in [2.05, 4.69) is 6.07 Å². The van der Waals surface area contributed by atoms with E-state index in [-0.39, 0.29) is 18.0 Å². The van der Waals surface area contributed by atoms with E-state index < -0.39 is 5.92 Å². The van der Waals surface area contributed by atoms with Crippen LogP contribution in [0.3, 0.4) is 0 Å². The molecule has 34 heavy (non-hydrogen) atoms. The Bertz CT molecular complexity index is 1610. The van der Waals surface area contributed by atoms with Gasteiger partial charge in [-0.2, -0.15) is 5.26 Å². The lowest BCUT2D eigenvalue weighted by Crippen LogP contribution is -2.34. The van der Waals surface area contributed by atoms with Gasteiger partial charge in [-0.1, -0.05) is 35.9 Å². The summed E-state index contributed by atoms with van der Waals surface area (Å²) in [7, 11) is 0. The van der Waals surface area contributed by atoms with Crippen LogP contribution in [-0.4, -0.2) is 6.79 Å². The first kappa shape index (κ1) is 20.6. The lowest BCUT2D eigenvalue weighted by molar-refractivity contribution is 0.174. The molecular weight excluding hydrogens is 470 g/mol. The Morgan fingerprint density at radius 3 is 2.65 bits per heavy atom. The van der Waals surface area contributed by atoms with Gasteiger partial charge in [-0.15, -0.1) is 11.3 Å². The van der Waals surface area contributed by atoms with Crippen molar-refractivity contribution in [1.29, 1.82) is 5.26 Å². The number of hydrogen-bond acceptors (Lipinski definition) is 7. The Kier molecular flexibility index (Phi) is 4.73. The molecule has 0 spiro atoms. The average Bonchev–Trinajstić information content (AvgIpc) is 3.32. The molecule has 2 aliphatic rings. The fourth-order valence-electron chi connectivity index (χ4n) is 4.49. The Morgan fingerprint density at radius 1 is 1.06 bits per heavy atom. The number of hydrogen-bond donors (Lipinski definition) is 1. The first-order chi connectivity index (χ1) is 16.6. The van der Waals surface area contributed by atoms with Crippen LogP contribution in [0.4, 0.5) is 10.7 Å². The zero-order chi connectivity index (χ0) is 23.4. The van der Waals surface area contributed by atoms with Crippen LogP contribution in [0, 0.1) is 11.3 Å². The highest BCUT2D eigenvalue weighted by molar-refractivity contribution is 7.22. The average molecular weight is 486 g/mol. The van der Waals surface area contributed by atoms with Crippen molar-refractivity contribution in [3.8, 4) is 17.6 Å². The van der Waals surface area contributed by atoms with Crippen LogP contribution in [0.2, 0.25) is 5.02 Å². The van der Waals surface area contributed by atoms with Gasteiger partial charge in [0.05, 0.1) is 17.6 Å². The molecule has 1 atom stereocenters. The molecule has 0 saturated carbocycles. The van der Waals surface area contributed by atoms with E-state index >= 15 is 0 Å². The SMILES string of the molecule is N#CC1=C(N)N(c2ccccc2)c2sc3cc(Cl)ccc3c(=O)c2C1c1ccc2c(c1)OCO2. The number of halogens is 1. The monoisotopic (exact) mass is 485 g/mol. The summed E-state index contributed by atoms with van der Waals surface area (Å²) in [5, 5.41) is 12.0. The van der Waals surface area contributed by atoms with Crippen molar-refractivity contribution >= 4 is 43.7 Å². The molecule has 6 nitrogen and oxygen atoms in total. The summed E-state index contributed by atoms with van der Waals surface area (Å²) in [6, 6.07) is 22.4. The van der Waals surface area contributed by atoms with E-state index in [9.17, 15) is 10.1 Å². The number of nitrogens with zero attached hydrogens (tertiary/aromatic N) is 2. The number of fused-ring (bicyclic) bond motifs is 3. The predicted octanol–water partition coefficient (Wildman–Crippen LogP) is 5.62. The minimum Gasteiger partial charge on any atom is -0.454 e. The molecule has 3 aromatic carbocycles. The zero-order valence-electron chi connectivity index (χ0n) is 17.6. The Hall–Kier alpha value is -3.99. The third kappa shape index (κ3) is 3.04. The van der Waals surface area contributed by atoms with Crippen LogP contribution < -0.4 is 25.5 Å². The maximum atomic E-state index is 14.0. The number of benzene rings is 3. The van der Waals surface area contributed by atoms with E-state index in [1.165, 1.54) is 11.3 Å². The van der Waals surface area contributed by atoms with E-state index in [1.54, 1.807) is 29.2 Å². The van der Waals surface area contributed by atoms with Crippen LogP contribution >= 0.6 is 22.9 Å². The molecule has 0 amide bonds. The van der Waals surface area contributed by atoms with Gasteiger partial charge in [0, 0.05) is 26.4 Å². The quantitative estimate of drug-likeness (QED) is 0.396. The summed E-state index contributed by atoms with van der Waals surface area (Å²) in [4.78, 5) is 15.7. The van der Waals surface area contributed by atoms with Gasteiger partial charge in [0.1, 0.15) is 10.8 Å². The van der Waals surface area contributed by atoms with Gasteiger partial charge in [-0.05, 0) is 48.0 Å². The van der Waals surface area contributed by atoms with Crippen LogP contribution in [0.1, 0.15) is 17.0 Å². The molecular formula is C26H16ClN3O3S. The molecule has 0 bridgehead atoms. The van der Waals surface area contributed by atoms with Gasteiger partial charge < -0.3 is 15.2 Å². The van der Waals surface area contributed by atoms with Crippen molar-refractivity contribution in [2.75, 3.05) is 11.7 Å². The van der Waals surface area contributed by atoms with Gasteiger partial charge in [-0.25, -0.2) is 0 Å². The molecule has 166 valence electrons. The fourth-order valence-corrected chi connectivity index (χ4v) is 6.01. The Balaban J connectivity index is 1.70. The standard InChI is InChI=1S/C26H16ClN3O3S/c27-15-7-8-17-21(11-15)34-26-23(24(17)31)22(14-6-9-19-20(10-14)33-13-32-19)18(12-28)25(29)30(26)16-4-2-1-3-5-16/h1-11,22H,13,29H2. The number of anilines is 2. The number of para-hydroxylation sites is 1. The summed E-state index contributed by atoms with van der Waals surface area (Å²) in [5.41, 5.74) is 8.77. The second kappa shape index (κ2) is 7.80. The van der Waals surface area contributed by atoms with Gasteiger partial charge >= 0.3 is 0 Å². The number of allylic oxidation sites excluding steroid dienone is 1. The fraction of sp³-hybridized carbons (Fsp3) is 0.0769. The predicted molar refractivity (Wildman–Crippen MR) is 133 cm³/mol. The van der Waals surface area contributed by atoms with Crippen molar-refractivity contribution in [3.05, 3.63) is 104 Å². The smallest absolute Gasteiger partial charge is 0.231 e. The summed E-state index contributed by atoms with van der Waals surface area (Å²) >= 11 is 7.67. The molecule has 4 aromatic rings. The number of nitrogens with two attached hydrogens (primary N) is 1. The maximum Gasteiger partial charge on any atom is 0.231 e. The summed E-state index contributed by atoms with van der Waals surface area (Å²) < 4.78 is 11.8. The van der Waals surface area contributed by atoms with E-state index in [0.717, 1.165) is 16.0 Å². The molecule has 6 rings (SSSR count). The third-order valence-electron chi connectivity index (χ3n) is 6.03. The highest BCUT2D eigenvalue weighted by Gasteiger charge is 2.37. The summed E-state index contributed by atoms with van der Waals surface area (Å²) in [6.07, 6.45) is 0. The molecule has 0 saturated heterocycles. The van der Waals surface area contributed by atoms with E-state index in [0.29, 0.717) is 38.0 Å². The zero-order valence-corrected chi connectivity index (χ0v) is 19.2. The molecule has 2 N–H and O–H groups in total. The molecule has 1 unspecified atom stereocenters. The van der Waals surface area contributed by atoms with Crippen LogP contribution in [0.5, 0.6) is 11.5 Å². The van der Waals surface area contributed by atoms with Crippen LogP contribution in [0.15, 0.2) is 82.9 Å². The van der Waals surface area contributed by atoms with Crippen molar-refractivity contribution in [1.82, 2.24) is 0 Å². The van der Waals surface area contributed by atoms with Crippen LogP contribution in [0.25, 0.3) is 10.1 Å². The molecule has 2 aliphatic heterocycles. The Labute approximate surface area is 203 Å². The van der Waals surface area contributed by atoms with Crippen molar-refractivity contribution in [2.24, 2.45) is 5.73 Å². The first-order valence-corrected chi connectivity index (χ1v) is 11.7. The normalized spacial score (nSPS) is 16.5. The lowest BCUT2D eigenvalue weighted by Gasteiger charge is -2.35. The van der Waals surface area contributed by atoms with Crippen molar-refractivity contribution < 1.29 is 9.47 Å². The second-order valence-corrected chi connectivity index (χ2v) is 9.38. The summed E-state index contributed by atoms with van der Waals surface area (Å²) in [5.74, 6) is 0.822. The third-order valence-corrected chi connectivity index (χ3v) is 7.42. The second-order valence-electron chi connectivity index (χ2n) is 7.92. The highest BCUT2D eigenvalue weighted by Crippen LogP contribution is 2.49. The van der Waals surface area contributed by atoms with Gasteiger partial charge in [0.2, 0.25) is 6.79 Å². The number of rotatable bonds is 2. The highest BCUT2D eigenvalue weighted by atomic mass is 35.5. The molecule has 0 radical (unpaired) electrons. The minimum absolute atomic E-state index is 0.130. The van der Waals surface area contributed by atoms with Crippen molar-refractivity contribution in [2.45, 2.75) is 5.92 Å². The molecule has 0 aliphatic carbocycles. The van der Waals surface area contributed by atoms with E-state index in [1.807, 2.05) is 42.5 Å². The number of nitriles is 1. The Morgan fingerprint density at radius 2 is 1.85 bits per heavy atom. The molecule has 1 aromatic heterocycles. The van der Waals surface area contributed by atoms with Gasteiger partial charge in [-0.3, -0.25) is 9.69 Å². The lowest BCUT2D eigenvalue weighted by atomic mass is 9.83. The molecule has 8 heteroatoms.